The molecule has 1 aliphatic carbocycles. The first-order valence-electron chi connectivity index (χ1n) is 5.41. The Bertz CT molecular complexity index is 556. The Labute approximate surface area is 94.7 Å². The van der Waals surface area contributed by atoms with Crippen LogP contribution in [0.1, 0.15) is 18.1 Å². The lowest BCUT2D eigenvalue weighted by atomic mass is 10.0. The van der Waals surface area contributed by atoms with E-state index in [9.17, 15) is 0 Å². The number of aromatic nitrogens is 2. The van der Waals surface area contributed by atoms with Crippen molar-refractivity contribution in [3.63, 3.8) is 0 Å². The monoisotopic (exact) mass is 208 g/mol. The third-order valence-electron chi connectivity index (χ3n) is 2.86. The van der Waals surface area contributed by atoms with Gasteiger partial charge in [0.15, 0.2) is 5.82 Å². The topological polar surface area (TPSA) is 25.8 Å². The minimum absolute atomic E-state index is 0.810. The Morgan fingerprint density at radius 2 is 1.88 bits per heavy atom. The van der Waals surface area contributed by atoms with Gasteiger partial charge in [-0.1, -0.05) is 29.8 Å². The van der Waals surface area contributed by atoms with Crippen LogP contribution in [-0.4, -0.2) is 9.97 Å². The number of nitrogens with zero attached hydrogens (tertiary/aromatic N) is 2. The highest BCUT2D eigenvalue weighted by Crippen LogP contribution is 2.31. The molecular weight excluding hydrogens is 196 g/mol. The summed E-state index contributed by atoms with van der Waals surface area (Å²) in [5.74, 6) is 0.810. The van der Waals surface area contributed by atoms with E-state index in [1.54, 1.807) is 12.4 Å². The second kappa shape index (κ2) is 3.56. The van der Waals surface area contributed by atoms with E-state index in [0.717, 1.165) is 17.8 Å². The molecule has 16 heavy (non-hydrogen) atoms. The number of allylic oxidation sites excluding steroid dienone is 1. The molecule has 3 rings (SSSR count). The molecule has 2 nitrogen and oxygen atoms in total. The first-order valence-corrected chi connectivity index (χ1v) is 5.41. The first kappa shape index (κ1) is 9.28. The molecule has 1 aliphatic rings. The van der Waals surface area contributed by atoms with Crippen molar-refractivity contribution >= 4 is 6.08 Å². The van der Waals surface area contributed by atoms with Gasteiger partial charge in [-0.2, -0.15) is 0 Å². The maximum Gasteiger partial charge on any atom is 0.159 e. The number of fused-ring (bicyclic) bond motifs is 1. The highest BCUT2D eigenvalue weighted by Gasteiger charge is 2.14. The van der Waals surface area contributed by atoms with Crippen LogP contribution in [-0.2, 0) is 6.42 Å². The average molecular weight is 208 g/mol. The molecule has 2 heteroatoms. The maximum atomic E-state index is 4.31. The van der Waals surface area contributed by atoms with Crippen LogP contribution in [0, 0.1) is 0 Å². The van der Waals surface area contributed by atoms with Crippen LogP contribution in [0.4, 0.5) is 0 Å². The minimum Gasteiger partial charge on any atom is -0.237 e. The summed E-state index contributed by atoms with van der Waals surface area (Å²) in [4.78, 5) is 8.62. The predicted octanol–water partition coefficient (Wildman–Crippen LogP) is 3.10. The van der Waals surface area contributed by atoms with Crippen LogP contribution < -0.4 is 0 Å². The fourth-order valence-electron chi connectivity index (χ4n) is 2.17. The third-order valence-corrected chi connectivity index (χ3v) is 2.86. The van der Waals surface area contributed by atoms with Crippen LogP contribution in [0.25, 0.3) is 17.5 Å². The van der Waals surface area contributed by atoms with E-state index in [4.69, 9.17) is 0 Å². The SMILES string of the molecule is CC1=Cc2c(cccc2-c2ncccn2)C1. The largest absolute Gasteiger partial charge is 0.237 e. The van der Waals surface area contributed by atoms with E-state index in [-0.39, 0.29) is 0 Å². The fraction of sp³-hybridized carbons (Fsp3) is 0.143. The van der Waals surface area contributed by atoms with Crippen molar-refractivity contribution in [3.05, 3.63) is 53.4 Å². The molecule has 0 fully saturated rings. The van der Waals surface area contributed by atoms with Crippen LogP contribution >= 0.6 is 0 Å². The van der Waals surface area contributed by atoms with Crippen LogP contribution in [0.15, 0.2) is 42.2 Å². The van der Waals surface area contributed by atoms with E-state index in [0.29, 0.717) is 0 Å². The van der Waals surface area contributed by atoms with Gasteiger partial charge in [-0.25, -0.2) is 9.97 Å². The van der Waals surface area contributed by atoms with Gasteiger partial charge in [-0.3, -0.25) is 0 Å². The van der Waals surface area contributed by atoms with Crippen molar-refractivity contribution in [2.24, 2.45) is 0 Å². The molecule has 0 bridgehead atoms. The van der Waals surface area contributed by atoms with Crippen molar-refractivity contribution in [1.82, 2.24) is 9.97 Å². The quantitative estimate of drug-likeness (QED) is 0.719. The summed E-state index contributed by atoms with van der Waals surface area (Å²) in [7, 11) is 0. The molecule has 78 valence electrons. The van der Waals surface area contributed by atoms with Crippen LogP contribution in [0.2, 0.25) is 0 Å². The molecule has 0 spiro atoms. The Morgan fingerprint density at radius 1 is 1.06 bits per heavy atom. The van der Waals surface area contributed by atoms with E-state index in [1.165, 1.54) is 16.7 Å². The molecule has 0 saturated carbocycles. The lowest BCUT2D eigenvalue weighted by Gasteiger charge is -2.05. The molecule has 0 N–H and O–H groups in total. The zero-order valence-electron chi connectivity index (χ0n) is 9.14. The average Bonchev–Trinajstić information content (AvgIpc) is 2.70. The number of benzene rings is 1. The molecule has 0 saturated heterocycles. The van der Waals surface area contributed by atoms with E-state index in [1.807, 2.05) is 6.07 Å². The molecule has 1 heterocycles. The summed E-state index contributed by atoms with van der Waals surface area (Å²) in [6.45, 7) is 2.16. The Morgan fingerprint density at radius 3 is 2.69 bits per heavy atom. The standard InChI is InChI=1S/C14H12N2/c1-10-8-11-4-2-5-12(13(11)9-10)14-15-6-3-7-16-14/h2-7,9H,8H2,1H3. The molecule has 0 atom stereocenters. The van der Waals surface area contributed by atoms with Gasteiger partial charge in [-0.15, -0.1) is 0 Å². The van der Waals surface area contributed by atoms with Gasteiger partial charge in [0.2, 0.25) is 0 Å². The van der Waals surface area contributed by atoms with Gasteiger partial charge in [0.05, 0.1) is 0 Å². The van der Waals surface area contributed by atoms with Crippen molar-refractivity contribution in [2.45, 2.75) is 13.3 Å². The van der Waals surface area contributed by atoms with Crippen LogP contribution in [0.3, 0.4) is 0 Å². The second-order valence-corrected chi connectivity index (χ2v) is 4.12. The zero-order chi connectivity index (χ0) is 11.0. The summed E-state index contributed by atoms with van der Waals surface area (Å²) >= 11 is 0. The summed E-state index contributed by atoms with van der Waals surface area (Å²) in [5.41, 5.74) is 5.20. The number of rotatable bonds is 1. The Hall–Kier alpha value is -1.96. The van der Waals surface area contributed by atoms with E-state index < -0.39 is 0 Å². The normalized spacial score (nSPS) is 13.4. The molecule has 0 unspecified atom stereocenters. The van der Waals surface area contributed by atoms with Crippen molar-refractivity contribution in [3.8, 4) is 11.4 Å². The molecule has 1 aromatic heterocycles. The highest BCUT2D eigenvalue weighted by molar-refractivity contribution is 5.77. The number of hydrogen-bond acceptors (Lipinski definition) is 2. The second-order valence-electron chi connectivity index (χ2n) is 4.12. The molecule has 0 amide bonds. The summed E-state index contributed by atoms with van der Waals surface area (Å²) in [5, 5.41) is 0. The van der Waals surface area contributed by atoms with Crippen LogP contribution in [0.5, 0.6) is 0 Å². The lowest BCUT2D eigenvalue weighted by Crippen LogP contribution is -1.91. The van der Waals surface area contributed by atoms with Crippen molar-refractivity contribution < 1.29 is 0 Å². The summed E-state index contributed by atoms with van der Waals surface area (Å²) < 4.78 is 0. The van der Waals surface area contributed by atoms with Crippen molar-refractivity contribution in [2.75, 3.05) is 0 Å². The molecule has 0 aliphatic heterocycles. The van der Waals surface area contributed by atoms with Gasteiger partial charge >= 0.3 is 0 Å². The predicted molar refractivity (Wildman–Crippen MR) is 64.8 cm³/mol. The van der Waals surface area contributed by atoms with Gasteiger partial charge in [0.1, 0.15) is 0 Å². The van der Waals surface area contributed by atoms with Crippen molar-refractivity contribution in [1.29, 1.82) is 0 Å². The molecule has 2 aromatic rings. The summed E-state index contributed by atoms with van der Waals surface area (Å²) in [6, 6.07) is 8.18. The third kappa shape index (κ3) is 1.43. The molecular formula is C14H12N2. The maximum absolute atomic E-state index is 4.31. The minimum atomic E-state index is 0.810. The smallest absolute Gasteiger partial charge is 0.159 e. The number of hydrogen-bond donors (Lipinski definition) is 0. The fourth-order valence-corrected chi connectivity index (χ4v) is 2.17. The summed E-state index contributed by atoms with van der Waals surface area (Å²) in [6.07, 6.45) is 6.86. The first-order chi connectivity index (χ1) is 7.84. The molecule has 0 radical (unpaired) electrons. The van der Waals surface area contributed by atoms with E-state index >= 15 is 0 Å². The Balaban J connectivity index is 2.20. The lowest BCUT2D eigenvalue weighted by molar-refractivity contribution is 1.16. The zero-order valence-corrected chi connectivity index (χ0v) is 9.14. The van der Waals surface area contributed by atoms with Gasteiger partial charge < -0.3 is 0 Å². The molecule has 1 aromatic carbocycles. The Kier molecular flexibility index (Phi) is 2.07. The van der Waals surface area contributed by atoms with Gasteiger partial charge in [0, 0.05) is 18.0 Å². The van der Waals surface area contributed by atoms with Gasteiger partial charge in [-0.05, 0) is 30.5 Å². The van der Waals surface area contributed by atoms with Gasteiger partial charge in [0.25, 0.3) is 0 Å². The van der Waals surface area contributed by atoms with E-state index in [2.05, 4.69) is 41.2 Å². The highest BCUT2D eigenvalue weighted by atomic mass is 14.9.